The number of ketones is 2. The van der Waals surface area contributed by atoms with Crippen LogP contribution in [0.15, 0.2) is 6.07 Å². The summed E-state index contributed by atoms with van der Waals surface area (Å²) in [5, 5.41) is 11.5. The number of aryl methyl sites for hydroxylation is 1. The number of carbonyl (C=O) groups excluding carboxylic acids is 7. The van der Waals surface area contributed by atoms with E-state index in [0.29, 0.717) is 30.5 Å². The summed E-state index contributed by atoms with van der Waals surface area (Å²) in [7, 11) is 0. The molecule has 4 aliphatic rings. The number of nitrogens with one attached hydrogen (secondary N) is 5. The van der Waals surface area contributed by atoms with Crippen LogP contribution in [-0.4, -0.2) is 87.2 Å². The van der Waals surface area contributed by atoms with Crippen LogP contribution >= 0.6 is 0 Å². The van der Waals surface area contributed by atoms with Crippen molar-refractivity contribution in [3.8, 4) is 0 Å². The van der Waals surface area contributed by atoms with Gasteiger partial charge in [-0.25, -0.2) is 0 Å². The molecule has 0 aromatic carbocycles. The molecule has 6 atom stereocenters. The minimum atomic E-state index is -1.02. The Bertz CT molecular complexity index is 1530. The molecular weight excluding hydrogens is 652 g/mol. The van der Waals surface area contributed by atoms with Gasteiger partial charge < -0.3 is 31.2 Å². The molecule has 0 radical (unpaired) electrons. The fourth-order valence-corrected chi connectivity index (χ4v) is 8.26. The summed E-state index contributed by atoms with van der Waals surface area (Å²) < 4.78 is 0. The Kier molecular flexibility index (Phi) is 11.8. The Morgan fingerprint density at radius 1 is 0.922 bits per heavy atom. The molecule has 1 aromatic rings. The van der Waals surface area contributed by atoms with E-state index < -0.39 is 59.0 Å². The lowest BCUT2D eigenvalue weighted by Gasteiger charge is -2.41. The number of amides is 5. The standard InChI is InChI=1S/C38H56N6O7/c1-7-11-26(31(46)36(50)39-24-15-16-24)41-35(49)30-23-14-17-25(19-23)44(30)37(51)32(38(4,5)6)43-34(48)29(22-12-9-8-10-13-22)42-33(47)27-18-20(2)28(40-27)21(3)45/h18,22-26,29-30,32,40H,7-17,19H2,1-6H3,(H,39,50)(H,41,49)(H,42,47)(H,43,48)/t23-,25+,26-,29-,30-,32+/m0/s1. The van der Waals surface area contributed by atoms with Crippen LogP contribution in [0, 0.1) is 24.2 Å². The largest absolute Gasteiger partial charge is 0.348 e. The number of aromatic nitrogens is 1. The first-order valence-corrected chi connectivity index (χ1v) is 18.9. The van der Waals surface area contributed by atoms with E-state index in [1.807, 2.05) is 27.7 Å². The van der Waals surface area contributed by atoms with Crippen LogP contribution in [0.4, 0.5) is 0 Å². The summed E-state index contributed by atoms with van der Waals surface area (Å²) >= 11 is 0. The van der Waals surface area contributed by atoms with Crippen molar-refractivity contribution in [3.63, 3.8) is 0 Å². The summed E-state index contributed by atoms with van der Waals surface area (Å²) in [6.45, 7) is 10.6. The maximum atomic E-state index is 14.6. The van der Waals surface area contributed by atoms with Crippen molar-refractivity contribution in [3.05, 3.63) is 23.0 Å². The number of fused-ring (bicyclic) bond motifs is 2. The topological polar surface area (TPSA) is 187 Å². The van der Waals surface area contributed by atoms with Crippen LogP contribution in [0.1, 0.15) is 138 Å². The van der Waals surface area contributed by atoms with Crippen LogP contribution in [0.5, 0.6) is 0 Å². The van der Waals surface area contributed by atoms with Gasteiger partial charge in [0, 0.05) is 19.0 Å². The molecule has 51 heavy (non-hydrogen) atoms. The SMILES string of the molecule is CCC[C@H](NC(=O)[C@@H]1[C@H]2CC[C@H](C2)N1C(=O)[C@@H](NC(=O)[C@@H](NC(=O)c1cc(C)c(C(C)=O)[nH]1)C1CCCCC1)C(C)(C)C)C(=O)C(=O)NC1CC1. The summed E-state index contributed by atoms with van der Waals surface area (Å²) in [6, 6.07) is -2.37. The highest BCUT2D eigenvalue weighted by Crippen LogP contribution is 2.44. The van der Waals surface area contributed by atoms with Gasteiger partial charge in [0.15, 0.2) is 5.78 Å². The maximum absolute atomic E-state index is 14.6. The van der Waals surface area contributed by atoms with Crippen LogP contribution in [-0.2, 0) is 24.0 Å². The lowest BCUT2D eigenvalue weighted by molar-refractivity contribution is -0.149. The van der Waals surface area contributed by atoms with Gasteiger partial charge in [0.05, 0.1) is 11.7 Å². The van der Waals surface area contributed by atoms with Crippen LogP contribution in [0.2, 0.25) is 0 Å². The van der Waals surface area contributed by atoms with Crippen molar-refractivity contribution >= 4 is 41.1 Å². The molecule has 0 unspecified atom stereocenters. The molecule has 13 nitrogen and oxygen atoms in total. The normalized spacial score (nSPS) is 23.6. The first-order valence-electron chi connectivity index (χ1n) is 18.9. The molecular formula is C38H56N6O7. The molecule has 1 aliphatic heterocycles. The van der Waals surface area contributed by atoms with Crippen LogP contribution < -0.4 is 21.3 Å². The molecule has 2 bridgehead atoms. The predicted molar refractivity (Wildman–Crippen MR) is 190 cm³/mol. The molecule has 1 aromatic heterocycles. The molecule has 5 amide bonds. The number of H-pyrrole nitrogens is 1. The number of nitrogens with zero attached hydrogens (tertiary/aromatic N) is 1. The lowest BCUT2D eigenvalue weighted by Crippen LogP contribution is -2.64. The van der Waals surface area contributed by atoms with E-state index in [-0.39, 0.29) is 41.3 Å². The summed E-state index contributed by atoms with van der Waals surface area (Å²) in [6.07, 6.45) is 9.01. The lowest BCUT2D eigenvalue weighted by atomic mass is 9.81. The highest BCUT2D eigenvalue weighted by atomic mass is 16.2. The Hall–Kier alpha value is -4.03. The van der Waals surface area contributed by atoms with Crippen molar-refractivity contribution in [2.45, 2.75) is 155 Å². The number of piperidine rings is 1. The maximum Gasteiger partial charge on any atom is 0.289 e. The third kappa shape index (κ3) is 8.72. The third-order valence-electron chi connectivity index (χ3n) is 11.2. The zero-order chi connectivity index (χ0) is 37.2. The Morgan fingerprint density at radius 2 is 1.61 bits per heavy atom. The molecule has 3 aliphatic carbocycles. The summed E-state index contributed by atoms with van der Waals surface area (Å²) in [5.74, 6) is -3.65. The van der Waals surface area contributed by atoms with Gasteiger partial charge in [0.1, 0.15) is 23.8 Å². The molecule has 1 saturated heterocycles. The van der Waals surface area contributed by atoms with E-state index in [1.54, 1.807) is 17.9 Å². The van der Waals surface area contributed by atoms with E-state index in [0.717, 1.165) is 57.8 Å². The molecule has 5 N–H and O–H groups in total. The number of hydrogen-bond acceptors (Lipinski definition) is 7. The average molecular weight is 709 g/mol. The quantitative estimate of drug-likeness (QED) is 0.145. The number of aromatic amines is 1. The van der Waals surface area contributed by atoms with Gasteiger partial charge in [0.2, 0.25) is 23.5 Å². The van der Waals surface area contributed by atoms with E-state index in [1.165, 1.54) is 6.92 Å². The fraction of sp³-hybridized carbons (Fsp3) is 0.711. The average Bonchev–Trinajstić information content (AvgIpc) is 3.45. The second-order valence-electron chi connectivity index (χ2n) is 16.3. The first kappa shape index (κ1) is 38.2. The van der Waals surface area contributed by atoms with Crippen molar-refractivity contribution in [1.29, 1.82) is 0 Å². The second kappa shape index (κ2) is 15.7. The number of Topliss-reactive ketones (excluding diaryl/α,β-unsaturated/α-hetero) is 2. The van der Waals surface area contributed by atoms with Crippen molar-refractivity contribution in [1.82, 2.24) is 31.2 Å². The number of hydrogen-bond donors (Lipinski definition) is 5. The highest BCUT2D eigenvalue weighted by molar-refractivity contribution is 6.38. The van der Waals surface area contributed by atoms with Crippen molar-refractivity contribution in [2.24, 2.45) is 17.3 Å². The molecule has 5 rings (SSSR count). The zero-order valence-corrected chi connectivity index (χ0v) is 31.0. The molecule has 280 valence electrons. The van der Waals surface area contributed by atoms with Gasteiger partial charge in [0.25, 0.3) is 11.8 Å². The molecule has 4 fully saturated rings. The Balaban J connectivity index is 1.35. The van der Waals surface area contributed by atoms with Gasteiger partial charge in [-0.3, -0.25) is 33.6 Å². The molecule has 0 spiro atoms. The number of rotatable bonds is 14. The third-order valence-corrected chi connectivity index (χ3v) is 11.2. The summed E-state index contributed by atoms with van der Waals surface area (Å²) in [5.41, 5.74) is 0.394. The van der Waals surface area contributed by atoms with Crippen LogP contribution in [0.25, 0.3) is 0 Å². The van der Waals surface area contributed by atoms with E-state index in [4.69, 9.17) is 0 Å². The van der Waals surface area contributed by atoms with Gasteiger partial charge in [-0.2, -0.15) is 0 Å². The highest BCUT2D eigenvalue weighted by Gasteiger charge is 2.54. The van der Waals surface area contributed by atoms with Gasteiger partial charge in [-0.15, -0.1) is 0 Å². The Morgan fingerprint density at radius 3 is 2.20 bits per heavy atom. The monoisotopic (exact) mass is 708 g/mol. The second-order valence-corrected chi connectivity index (χ2v) is 16.3. The first-order chi connectivity index (χ1) is 24.1. The number of carbonyl (C=O) groups is 7. The number of likely N-dealkylation sites (tertiary alicyclic amines) is 1. The van der Waals surface area contributed by atoms with Crippen LogP contribution in [0.3, 0.4) is 0 Å². The van der Waals surface area contributed by atoms with E-state index in [2.05, 4.69) is 26.3 Å². The van der Waals surface area contributed by atoms with E-state index in [9.17, 15) is 33.6 Å². The fourth-order valence-electron chi connectivity index (χ4n) is 8.26. The van der Waals surface area contributed by atoms with Crippen molar-refractivity contribution in [2.75, 3.05) is 0 Å². The van der Waals surface area contributed by atoms with Crippen molar-refractivity contribution < 1.29 is 33.6 Å². The minimum absolute atomic E-state index is 0.00550. The van der Waals surface area contributed by atoms with Gasteiger partial charge >= 0.3 is 0 Å². The molecule has 2 heterocycles. The Labute approximate surface area is 300 Å². The summed E-state index contributed by atoms with van der Waals surface area (Å²) in [4.78, 5) is 98.6. The minimum Gasteiger partial charge on any atom is -0.348 e. The van der Waals surface area contributed by atoms with Gasteiger partial charge in [-0.05, 0) is 87.2 Å². The molecule has 13 heteroatoms. The zero-order valence-electron chi connectivity index (χ0n) is 31.0. The van der Waals surface area contributed by atoms with Gasteiger partial charge in [-0.1, -0.05) is 53.4 Å². The van der Waals surface area contributed by atoms with E-state index >= 15 is 0 Å². The smallest absolute Gasteiger partial charge is 0.289 e. The molecule has 3 saturated carbocycles. The predicted octanol–water partition coefficient (Wildman–Crippen LogP) is 3.25.